The van der Waals surface area contributed by atoms with Gasteiger partial charge in [-0.25, -0.2) is 8.78 Å². The Kier molecular flexibility index (Phi) is 3.32. The summed E-state index contributed by atoms with van der Waals surface area (Å²) in [6.45, 7) is 3.28. The zero-order valence-electron chi connectivity index (χ0n) is 10.2. The van der Waals surface area contributed by atoms with Crippen molar-refractivity contribution in [2.24, 2.45) is 0 Å². The molecule has 5 heteroatoms. The Balaban J connectivity index is 2.29. The highest BCUT2D eigenvalue weighted by molar-refractivity contribution is 5.99. The number of hydrogen-bond donors (Lipinski definition) is 2. The van der Waals surface area contributed by atoms with Crippen LogP contribution < -0.4 is 5.32 Å². The summed E-state index contributed by atoms with van der Waals surface area (Å²) < 4.78 is 24.0. The van der Waals surface area contributed by atoms with Crippen molar-refractivity contribution in [3.8, 4) is 0 Å². The Hall–Kier alpha value is -1.91. The summed E-state index contributed by atoms with van der Waals surface area (Å²) in [4.78, 5) is 14.8. The van der Waals surface area contributed by atoms with E-state index in [1.807, 2.05) is 13.8 Å². The van der Waals surface area contributed by atoms with Gasteiger partial charge in [0.2, 0.25) is 0 Å². The number of aromatic nitrogens is 1. The number of fused-ring (bicyclic) bond motifs is 1. The van der Waals surface area contributed by atoms with Crippen LogP contribution >= 0.6 is 0 Å². The van der Waals surface area contributed by atoms with Gasteiger partial charge in [0.05, 0.1) is 6.54 Å². The Morgan fingerprint density at radius 1 is 1.39 bits per heavy atom. The molecular weight excluding hydrogens is 238 g/mol. The van der Waals surface area contributed by atoms with Crippen molar-refractivity contribution in [3.05, 3.63) is 35.0 Å². The lowest BCUT2D eigenvalue weighted by molar-refractivity contribution is 0.0892. The molecule has 0 unspecified atom stereocenters. The van der Waals surface area contributed by atoms with Crippen LogP contribution in [0.1, 0.15) is 21.6 Å². The summed E-state index contributed by atoms with van der Waals surface area (Å²) in [5.41, 5.74) is 3.43. The molecule has 2 N–H and O–H groups in total. The van der Waals surface area contributed by atoms with Crippen LogP contribution in [0.2, 0.25) is 0 Å². The number of H-pyrrole nitrogens is 1. The largest absolute Gasteiger partial charge is 0.358 e. The lowest BCUT2D eigenvalue weighted by atomic mass is 10.1. The molecule has 0 bridgehead atoms. The first-order valence-corrected chi connectivity index (χ1v) is 5.64. The van der Waals surface area contributed by atoms with E-state index in [9.17, 15) is 13.6 Å². The van der Waals surface area contributed by atoms with Gasteiger partial charge in [-0.2, -0.15) is 0 Å². The van der Waals surface area contributed by atoms with Gasteiger partial charge < -0.3 is 10.3 Å². The summed E-state index contributed by atoms with van der Waals surface area (Å²) >= 11 is 0. The first-order chi connectivity index (χ1) is 8.49. The maximum Gasteiger partial charge on any atom is 0.255 e. The number of halogens is 2. The fourth-order valence-corrected chi connectivity index (χ4v) is 1.87. The summed E-state index contributed by atoms with van der Waals surface area (Å²) in [5, 5.41) is 3.13. The van der Waals surface area contributed by atoms with Crippen molar-refractivity contribution in [3.63, 3.8) is 0 Å². The second kappa shape index (κ2) is 4.76. The number of rotatable bonds is 3. The molecule has 0 radical (unpaired) electrons. The first kappa shape index (κ1) is 12.5. The van der Waals surface area contributed by atoms with Crippen LogP contribution in [-0.2, 0) is 0 Å². The van der Waals surface area contributed by atoms with E-state index >= 15 is 0 Å². The van der Waals surface area contributed by atoms with Gasteiger partial charge >= 0.3 is 0 Å². The normalized spacial score (nSPS) is 11.2. The lowest BCUT2D eigenvalue weighted by Crippen LogP contribution is -2.28. The minimum atomic E-state index is -2.53. The first-order valence-electron chi connectivity index (χ1n) is 5.64. The van der Waals surface area contributed by atoms with Crippen LogP contribution in [0.15, 0.2) is 18.2 Å². The van der Waals surface area contributed by atoms with Crippen LogP contribution in [0.5, 0.6) is 0 Å². The molecule has 0 atom stereocenters. The van der Waals surface area contributed by atoms with E-state index in [-0.39, 0.29) is 0 Å². The molecule has 0 aliphatic heterocycles. The highest BCUT2D eigenvalue weighted by Crippen LogP contribution is 2.22. The predicted octanol–water partition coefficient (Wildman–Crippen LogP) is 2.78. The van der Waals surface area contributed by atoms with E-state index in [2.05, 4.69) is 10.3 Å². The molecular formula is C13H14F2N2O. The molecule has 3 nitrogen and oxygen atoms in total. The zero-order valence-corrected chi connectivity index (χ0v) is 10.2. The molecule has 0 spiro atoms. The summed E-state index contributed by atoms with van der Waals surface area (Å²) in [6.07, 6.45) is -2.53. The van der Waals surface area contributed by atoms with Gasteiger partial charge in [-0.15, -0.1) is 0 Å². The number of hydrogen-bond acceptors (Lipinski definition) is 1. The Bertz CT molecular complexity index is 590. The summed E-state index contributed by atoms with van der Waals surface area (Å²) in [7, 11) is 0. The van der Waals surface area contributed by atoms with Crippen molar-refractivity contribution in [1.29, 1.82) is 0 Å². The third-order valence-electron chi connectivity index (χ3n) is 2.99. The number of aryl methyl sites for hydroxylation is 2. The smallest absolute Gasteiger partial charge is 0.255 e. The van der Waals surface area contributed by atoms with Crippen LogP contribution in [0, 0.1) is 13.8 Å². The van der Waals surface area contributed by atoms with Gasteiger partial charge in [-0.05, 0) is 37.6 Å². The van der Waals surface area contributed by atoms with E-state index in [1.165, 1.54) is 0 Å². The fourth-order valence-electron chi connectivity index (χ4n) is 1.87. The van der Waals surface area contributed by atoms with Crippen molar-refractivity contribution < 1.29 is 13.6 Å². The molecule has 0 aliphatic carbocycles. The zero-order chi connectivity index (χ0) is 13.3. The third-order valence-corrected chi connectivity index (χ3v) is 2.99. The summed E-state index contributed by atoms with van der Waals surface area (Å²) in [6, 6.07) is 5.13. The molecule has 18 heavy (non-hydrogen) atoms. The standard InChI is InChI=1S/C13H14F2N2O/c1-7-8(2)17-11-4-3-9(5-10(7)11)13(18)16-6-12(14)15/h3-5,12,17H,6H2,1-2H3,(H,16,18). The second-order valence-corrected chi connectivity index (χ2v) is 4.24. The number of carbonyl (C=O) groups is 1. The van der Waals surface area contributed by atoms with Crippen LogP contribution in [0.3, 0.4) is 0 Å². The molecule has 0 saturated heterocycles. The highest BCUT2D eigenvalue weighted by atomic mass is 19.3. The average Bonchev–Trinajstić information content (AvgIpc) is 2.62. The predicted molar refractivity (Wildman–Crippen MR) is 66.1 cm³/mol. The minimum Gasteiger partial charge on any atom is -0.358 e. The number of alkyl halides is 2. The van der Waals surface area contributed by atoms with Crippen molar-refractivity contribution in [1.82, 2.24) is 10.3 Å². The molecule has 96 valence electrons. The monoisotopic (exact) mass is 252 g/mol. The van der Waals surface area contributed by atoms with E-state index in [1.54, 1.807) is 18.2 Å². The molecule has 0 aliphatic rings. The van der Waals surface area contributed by atoms with Crippen molar-refractivity contribution in [2.75, 3.05) is 6.54 Å². The van der Waals surface area contributed by atoms with E-state index in [4.69, 9.17) is 0 Å². The number of amides is 1. The van der Waals surface area contributed by atoms with Crippen LogP contribution in [0.25, 0.3) is 10.9 Å². The number of aromatic amines is 1. The molecule has 2 aromatic rings. The van der Waals surface area contributed by atoms with Crippen molar-refractivity contribution in [2.45, 2.75) is 20.3 Å². The van der Waals surface area contributed by atoms with Gasteiger partial charge in [-0.1, -0.05) is 0 Å². The molecule has 1 heterocycles. The molecule has 1 aromatic carbocycles. The number of benzene rings is 1. The van der Waals surface area contributed by atoms with Gasteiger partial charge in [0, 0.05) is 22.2 Å². The second-order valence-electron chi connectivity index (χ2n) is 4.24. The molecule has 0 saturated carbocycles. The van der Waals surface area contributed by atoms with E-state index < -0.39 is 18.9 Å². The Labute approximate surface area is 103 Å². The van der Waals surface area contributed by atoms with Crippen LogP contribution in [0.4, 0.5) is 8.78 Å². The van der Waals surface area contributed by atoms with Gasteiger partial charge in [0.15, 0.2) is 0 Å². The van der Waals surface area contributed by atoms with Crippen molar-refractivity contribution >= 4 is 16.8 Å². The molecule has 2 rings (SSSR count). The van der Waals surface area contributed by atoms with E-state index in [0.717, 1.165) is 22.2 Å². The highest BCUT2D eigenvalue weighted by Gasteiger charge is 2.11. The third kappa shape index (κ3) is 2.34. The maximum atomic E-state index is 12.0. The quantitative estimate of drug-likeness (QED) is 0.866. The Morgan fingerprint density at radius 3 is 2.78 bits per heavy atom. The number of carbonyl (C=O) groups excluding carboxylic acids is 1. The fraction of sp³-hybridized carbons (Fsp3) is 0.308. The molecule has 0 fully saturated rings. The molecule has 1 amide bonds. The lowest BCUT2D eigenvalue weighted by Gasteiger charge is -2.04. The average molecular weight is 252 g/mol. The minimum absolute atomic E-state index is 0.394. The molecule has 1 aromatic heterocycles. The topological polar surface area (TPSA) is 44.9 Å². The SMILES string of the molecule is Cc1[nH]c2ccc(C(=O)NCC(F)F)cc2c1C. The Morgan fingerprint density at radius 2 is 2.11 bits per heavy atom. The maximum absolute atomic E-state index is 12.0. The van der Waals surface area contributed by atoms with Gasteiger partial charge in [0.1, 0.15) is 0 Å². The number of nitrogens with one attached hydrogen (secondary N) is 2. The van der Waals surface area contributed by atoms with Gasteiger partial charge in [-0.3, -0.25) is 4.79 Å². The van der Waals surface area contributed by atoms with E-state index in [0.29, 0.717) is 5.56 Å². The van der Waals surface area contributed by atoms with Gasteiger partial charge in [0.25, 0.3) is 12.3 Å². The van der Waals surface area contributed by atoms with Crippen LogP contribution in [-0.4, -0.2) is 23.9 Å². The summed E-state index contributed by atoms with van der Waals surface area (Å²) in [5.74, 6) is -0.476.